The number of nitrogens with one attached hydrogen (secondary N) is 1. The molecule has 18 heavy (non-hydrogen) atoms. The number of halogens is 1. The number of benzene rings is 1. The zero-order valence-corrected chi connectivity index (χ0v) is 10.7. The Morgan fingerprint density at radius 2 is 2.28 bits per heavy atom. The first-order chi connectivity index (χ1) is 8.51. The van der Waals surface area contributed by atoms with Crippen LogP contribution in [0.1, 0.15) is 19.4 Å². The second-order valence-electron chi connectivity index (χ2n) is 3.99. The van der Waals surface area contributed by atoms with Crippen LogP contribution in [-0.2, 0) is 4.79 Å². The van der Waals surface area contributed by atoms with E-state index >= 15 is 0 Å². The highest BCUT2D eigenvalue weighted by Crippen LogP contribution is 2.18. The van der Waals surface area contributed by atoms with Crippen LogP contribution in [0.3, 0.4) is 0 Å². The molecule has 0 saturated carbocycles. The van der Waals surface area contributed by atoms with Crippen LogP contribution in [-0.4, -0.2) is 30.4 Å². The summed E-state index contributed by atoms with van der Waals surface area (Å²) in [6.45, 7) is 4.15. The summed E-state index contributed by atoms with van der Waals surface area (Å²) in [5.74, 6) is -0.698. The third-order valence-corrected chi connectivity index (χ3v) is 2.72. The number of carbonyl (C=O) groups is 1. The molecule has 1 amide bonds. The molecule has 4 nitrogen and oxygen atoms in total. The van der Waals surface area contributed by atoms with Gasteiger partial charge in [-0.05, 0) is 26.0 Å². The monoisotopic (exact) mass is 249 g/mol. The van der Waals surface area contributed by atoms with Crippen LogP contribution in [0.4, 0.5) is 10.1 Å². The van der Waals surface area contributed by atoms with Crippen LogP contribution in [0.15, 0.2) is 18.2 Å². The van der Waals surface area contributed by atoms with E-state index in [1.165, 1.54) is 12.1 Å². The van der Waals surface area contributed by atoms with Crippen molar-refractivity contribution in [3.8, 4) is 6.07 Å². The number of nitrogens with zero attached hydrogens (tertiary/aromatic N) is 2. The van der Waals surface area contributed by atoms with Crippen molar-refractivity contribution >= 4 is 11.6 Å². The van der Waals surface area contributed by atoms with Gasteiger partial charge in [-0.25, -0.2) is 4.39 Å². The summed E-state index contributed by atoms with van der Waals surface area (Å²) >= 11 is 0. The molecule has 1 aromatic rings. The second-order valence-corrected chi connectivity index (χ2v) is 3.99. The number of nitriles is 1. The molecule has 0 aliphatic rings. The molecule has 1 unspecified atom stereocenters. The lowest BCUT2D eigenvalue weighted by atomic mass is 10.1. The Balaban J connectivity index is 2.89. The molecule has 0 fully saturated rings. The molecular formula is C13H16FN3O. The maximum atomic E-state index is 13.4. The normalized spacial score (nSPS) is 11.5. The molecule has 0 heterocycles. The molecule has 1 atom stereocenters. The Kier molecular flexibility index (Phi) is 4.67. The van der Waals surface area contributed by atoms with E-state index in [0.29, 0.717) is 12.2 Å². The number of carbonyl (C=O) groups excluding carboxylic acids is 1. The Morgan fingerprint density at radius 3 is 2.83 bits per heavy atom. The first kappa shape index (κ1) is 14.0. The van der Waals surface area contributed by atoms with Gasteiger partial charge in [0.25, 0.3) is 0 Å². The fourth-order valence-corrected chi connectivity index (χ4v) is 1.54. The number of rotatable bonds is 4. The zero-order valence-electron chi connectivity index (χ0n) is 10.7. The fraction of sp³-hybridized carbons (Fsp3) is 0.385. The molecule has 1 rings (SSSR count). The van der Waals surface area contributed by atoms with E-state index in [4.69, 9.17) is 5.26 Å². The first-order valence-electron chi connectivity index (χ1n) is 5.71. The Bertz CT molecular complexity index is 482. The standard InChI is InChI=1S/C13H16FN3O/c1-4-17(3)13(18)9(2)16-12-7-5-6-11(14)10(12)8-15/h5-7,9,16H,4H2,1-3H3. The van der Waals surface area contributed by atoms with Gasteiger partial charge in [-0.2, -0.15) is 5.26 Å². The SMILES string of the molecule is CCN(C)C(=O)C(C)Nc1cccc(F)c1C#N. The van der Waals surface area contributed by atoms with Crippen molar-refractivity contribution in [3.05, 3.63) is 29.6 Å². The third-order valence-electron chi connectivity index (χ3n) is 2.72. The minimum Gasteiger partial charge on any atom is -0.373 e. The summed E-state index contributed by atoms with van der Waals surface area (Å²) in [5, 5.41) is 11.7. The Labute approximate surface area is 106 Å². The molecular weight excluding hydrogens is 233 g/mol. The maximum absolute atomic E-state index is 13.4. The van der Waals surface area contributed by atoms with Crippen molar-refractivity contribution in [1.82, 2.24) is 4.90 Å². The van der Waals surface area contributed by atoms with E-state index in [9.17, 15) is 9.18 Å². The van der Waals surface area contributed by atoms with Crippen LogP contribution in [0, 0.1) is 17.1 Å². The van der Waals surface area contributed by atoms with Crippen LogP contribution in [0.2, 0.25) is 0 Å². The fourth-order valence-electron chi connectivity index (χ4n) is 1.54. The minimum absolute atomic E-state index is 0.0729. The van der Waals surface area contributed by atoms with E-state index in [0.717, 1.165) is 0 Å². The van der Waals surface area contributed by atoms with Gasteiger partial charge in [0.15, 0.2) is 0 Å². The van der Waals surface area contributed by atoms with Crippen LogP contribution in [0.25, 0.3) is 0 Å². The summed E-state index contributed by atoms with van der Waals surface area (Å²) in [6.07, 6.45) is 0. The van der Waals surface area contributed by atoms with Crippen molar-refractivity contribution in [1.29, 1.82) is 5.26 Å². The number of hydrogen-bond acceptors (Lipinski definition) is 3. The molecule has 0 bridgehead atoms. The quantitative estimate of drug-likeness (QED) is 0.887. The molecule has 96 valence electrons. The highest BCUT2D eigenvalue weighted by molar-refractivity contribution is 5.84. The molecule has 0 saturated heterocycles. The minimum atomic E-state index is -0.592. The van der Waals surface area contributed by atoms with Crippen molar-refractivity contribution < 1.29 is 9.18 Å². The van der Waals surface area contributed by atoms with Gasteiger partial charge in [0.2, 0.25) is 5.91 Å². The van der Waals surface area contributed by atoms with Crippen molar-refractivity contribution in [2.75, 3.05) is 18.9 Å². The molecule has 0 aromatic heterocycles. The summed E-state index contributed by atoms with van der Waals surface area (Å²) in [5.41, 5.74) is 0.263. The molecule has 0 radical (unpaired) electrons. The number of anilines is 1. The lowest BCUT2D eigenvalue weighted by Gasteiger charge is -2.21. The van der Waals surface area contributed by atoms with Crippen LogP contribution >= 0.6 is 0 Å². The number of likely N-dealkylation sites (N-methyl/N-ethyl adjacent to an activating group) is 1. The van der Waals surface area contributed by atoms with Gasteiger partial charge in [0.1, 0.15) is 23.5 Å². The van der Waals surface area contributed by atoms with E-state index in [2.05, 4.69) is 5.32 Å². The summed E-state index contributed by atoms with van der Waals surface area (Å²) < 4.78 is 13.4. The van der Waals surface area contributed by atoms with E-state index < -0.39 is 11.9 Å². The molecule has 0 aliphatic heterocycles. The summed E-state index contributed by atoms with van der Waals surface area (Å²) in [6, 6.07) is 5.58. The Morgan fingerprint density at radius 1 is 1.61 bits per heavy atom. The average Bonchev–Trinajstić information content (AvgIpc) is 2.37. The van der Waals surface area contributed by atoms with Crippen LogP contribution in [0.5, 0.6) is 0 Å². The van der Waals surface area contributed by atoms with Gasteiger partial charge < -0.3 is 10.2 Å². The zero-order chi connectivity index (χ0) is 13.7. The lowest BCUT2D eigenvalue weighted by Crippen LogP contribution is -2.39. The van der Waals surface area contributed by atoms with Gasteiger partial charge in [0.05, 0.1) is 5.69 Å². The van der Waals surface area contributed by atoms with Gasteiger partial charge in [-0.15, -0.1) is 0 Å². The molecule has 5 heteroatoms. The van der Waals surface area contributed by atoms with Crippen molar-refractivity contribution in [2.24, 2.45) is 0 Å². The summed E-state index contributed by atoms with van der Waals surface area (Å²) in [7, 11) is 1.69. The highest BCUT2D eigenvalue weighted by atomic mass is 19.1. The van der Waals surface area contributed by atoms with Gasteiger partial charge >= 0.3 is 0 Å². The van der Waals surface area contributed by atoms with E-state index in [-0.39, 0.29) is 11.5 Å². The van der Waals surface area contributed by atoms with Crippen molar-refractivity contribution in [2.45, 2.75) is 19.9 Å². The Hall–Kier alpha value is -2.09. The van der Waals surface area contributed by atoms with E-state index in [1.54, 1.807) is 31.0 Å². The molecule has 1 aromatic carbocycles. The van der Waals surface area contributed by atoms with Gasteiger partial charge in [-0.1, -0.05) is 6.07 Å². The van der Waals surface area contributed by atoms with Gasteiger partial charge in [0, 0.05) is 13.6 Å². The second kappa shape index (κ2) is 6.01. The smallest absolute Gasteiger partial charge is 0.244 e. The highest BCUT2D eigenvalue weighted by Gasteiger charge is 2.18. The largest absolute Gasteiger partial charge is 0.373 e. The molecule has 0 aliphatic carbocycles. The average molecular weight is 249 g/mol. The van der Waals surface area contributed by atoms with Gasteiger partial charge in [-0.3, -0.25) is 4.79 Å². The summed E-state index contributed by atoms with van der Waals surface area (Å²) in [4.78, 5) is 13.4. The first-order valence-corrected chi connectivity index (χ1v) is 5.71. The number of amides is 1. The van der Waals surface area contributed by atoms with E-state index in [1.807, 2.05) is 6.92 Å². The third kappa shape index (κ3) is 2.98. The molecule has 1 N–H and O–H groups in total. The van der Waals surface area contributed by atoms with Crippen molar-refractivity contribution in [3.63, 3.8) is 0 Å². The maximum Gasteiger partial charge on any atom is 0.244 e. The predicted molar refractivity (Wildman–Crippen MR) is 67.5 cm³/mol. The molecule has 0 spiro atoms. The topological polar surface area (TPSA) is 56.1 Å². The predicted octanol–water partition coefficient (Wildman–Crippen LogP) is 1.98. The number of hydrogen-bond donors (Lipinski definition) is 1. The lowest BCUT2D eigenvalue weighted by molar-refractivity contribution is -0.130. The van der Waals surface area contributed by atoms with Crippen LogP contribution < -0.4 is 5.32 Å².